The van der Waals surface area contributed by atoms with Crippen LogP contribution in [0.3, 0.4) is 0 Å². The number of benzene rings is 2. The number of ketones is 1. The van der Waals surface area contributed by atoms with Crippen LogP contribution in [0.2, 0.25) is 0 Å². The second-order valence-electron chi connectivity index (χ2n) is 7.33. The normalized spacial score (nSPS) is 15.8. The van der Waals surface area contributed by atoms with Crippen molar-refractivity contribution in [1.82, 2.24) is 4.31 Å². The highest BCUT2D eigenvalue weighted by molar-refractivity contribution is 7.89. The molecule has 1 fully saturated rings. The summed E-state index contributed by atoms with van der Waals surface area (Å²) in [5.74, 6) is -3.72. The van der Waals surface area contributed by atoms with E-state index in [2.05, 4.69) is 0 Å². The topological polar surface area (TPSA) is 99.2 Å². The van der Waals surface area contributed by atoms with Gasteiger partial charge in [-0.2, -0.15) is 4.31 Å². The Balaban J connectivity index is 1.73. The number of hydrogen-bond acceptors (Lipinski definition) is 7. The van der Waals surface area contributed by atoms with Crippen LogP contribution < -0.4 is 4.74 Å². The molecule has 0 radical (unpaired) electrons. The average molecular weight is 496 g/mol. The number of Topliss-reactive ketones (excluding diaryl/α,β-unsaturated/α-hetero) is 1. The molecule has 0 unspecified atom stereocenters. The van der Waals surface area contributed by atoms with Crippen molar-refractivity contribution >= 4 is 27.9 Å². The third-order valence-electron chi connectivity index (χ3n) is 5.05. The number of ether oxygens (including phenoxy) is 3. The molecule has 34 heavy (non-hydrogen) atoms. The molecule has 2 aromatic carbocycles. The molecule has 0 aliphatic carbocycles. The number of nitrogens with zero attached hydrogens (tertiary/aromatic N) is 1. The van der Waals surface area contributed by atoms with E-state index in [0.717, 1.165) is 24.3 Å². The van der Waals surface area contributed by atoms with E-state index in [4.69, 9.17) is 14.2 Å². The quantitative estimate of drug-likeness (QED) is 0.316. The molecule has 0 bridgehead atoms. The van der Waals surface area contributed by atoms with Crippen molar-refractivity contribution in [2.75, 3.05) is 33.4 Å². The molecular formula is C23H23F2NO7S. The number of rotatable bonds is 8. The number of hydrogen-bond donors (Lipinski definition) is 0. The van der Waals surface area contributed by atoms with Crippen LogP contribution in [0.5, 0.6) is 5.75 Å². The Kier molecular flexibility index (Phi) is 8.13. The molecule has 8 nitrogen and oxygen atoms in total. The summed E-state index contributed by atoms with van der Waals surface area (Å²) in [5.41, 5.74) is 0.237. The average Bonchev–Trinajstić information content (AvgIpc) is 2.84. The van der Waals surface area contributed by atoms with Crippen LogP contribution in [-0.2, 0) is 24.3 Å². The van der Waals surface area contributed by atoms with Crippen LogP contribution in [0.15, 0.2) is 47.4 Å². The number of halogens is 2. The van der Waals surface area contributed by atoms with Crippen LogP contribution >= 0.6 is 0 Å². The molecule has 0 spiro atoms. The van der Waals surface area contributed by atoms with Crippen molar-refractivity contribution in [2.24, 2.45) is 0 Å². The SMILES string of the molecule is COc1ccc(/C=C/C(=O)O[C@H](C)C(=O)c2ccc(F)c(F)c2)cc1S(=O)(=O)N1CCOCC1. The van der Waals surface area contributed by atoms with Gasteiger partial charge in [0.05, 0.1) is 20.3 Å². The fraction of sp³-hybridized carbons (Fsp3) is 0.304. The minimum Gasteiger partial charge on any atom is -0.495 e. The van der Waals surface area contributed by atoms with Gasteiger partial charge in [0.25, 0.3) is 0 Å². The molecule has 1 aliphatic rings. The summed E-state index contributed by atoms with van der Waals surface area (Å²) in [7, 11) is -2.50. The third-order valence-corrected chi connectivity index (χ3v) is 6.97. The van der Waals surface area contributed by atoms with Crippen molar-refractivity contribution in [3.63, 3.8) is 0 Å². The molecule has 3 rings (SSSR count). The standard InChI is InChI=1S/C23H23F2NO7S/c1-15(23(28)17-5-6-18(24)19(25)14-17)33-22(27)8-4-16-3-7-20(31-2)21(13-16)34(29,30)26-9-11-32-12-10-26/h3-8,13-15H,9-12H2,1-2H3/b8-4+/t15-/m1/s1. The number of carbonyl (C=O) groups excluding carboxylic acids is 2. The fourth-order valence-corrected chi connectivity index (χ4v) is 4.84. The van der Waals surface area contributed by atoms with E-state index in [1.807, 2.05) is 0 Å². The predicted molar refractivity (Wildman–Crippen MR) is 118 cm³/mol. The molecule has 0 saturated carbocycles. The zero-order valence-electron chi connectivity index (χ0n) is 18.5. The van der Waals surface area contributed by atoms with Gasteiger partial charge in [0.1, 0.15) is 10.6 Å². The van der Waals surface area contributed by atoms with E-state index in [0.29, 0.717) is 5.56 Å². The van der Waals surface area contributed by atoms with Gasteiger partial charge in [-0.25, -0.2) is 22.0 Å². The molecule has 2 aromatic rings. The summed E-state index contributed by atoms with van der Waals surface area (Å²) in [6.45, 7) is 2.29. The van der Waals surface area contributed by atoms with Gasteiger partial charge in [0, 0.05) is 24.7 Å². The number of morpholine rings is 1. The molecule has 11 heteroatoms. The molecule has 0 aromatic heterocycles. The maximum atomic E-state index is 13.4. The van der Waals surface area contributed by atoms with Gasteiger partial charge >= 0.3 is 5.97 Å². The molecule has 182 valence electrons. The highest BCUT2D eigenvalue weighted by Crippen LogP contribution is 2.29. The van der Waals surface area contributed by atoms with E-state index >= 15 is 0 Å². The zero-order valence-corrected chi connectivity index (χ0v) is 19.3. The first-order valence-corrected chi connectivity index (χ1v) is 11.7. The van der Waals surface area contributed by atoms with Crippen molar-refractivity contribution in [2.45, 2.75) is 17.9 Å². The first-order chi connectivity index (χ1) is 16.1. The smallest absolute Gasteiger partial charge is 0.331 e. The summed E-state index contributed by atoms with van der Waals surface area (Å²) in [6.07, 6.45) is 1.10. The molecule has 1 heterocycles. The lowest BCUT2D eigenvalue weighted by molar-refractivity contribution is -0.140. The van der Waals surface area contributed by atoms with E-state index in [1.54, 1.807) is 6.07 Å². The first kappa shape index (κ1) is 25.5. The lowest BCUT2D eigenvalue weighted by Crippen LogP contribution is -2.40. The Labute approximate surface area is 195 Å². The van der Waals surface area contributed by atoms with Gasteiger partial charge in [-0.05, 0) is 48.9 Å². The van der Waals surface area contributed by atoms with Gasteiger partial charge < -0.3 is 14.2 Å². The molecular weight excluding hydrogens is 472 g/mol. The van der Waals surface area contributed by atoms with Gasteiger partial charge in [-0.15, -0.1) is 0 Å². The summed E-state index contributed by atoms with van der Waals surface area (Å²) in [4.78, 5) is 24.4. The maximum Gasteiger partial charge on any atom is 0.331 e. The maximum absolute atomic E-state index is 13.4. The third kappa shape index (κ3) is 5.85. The number of sulfonamides is 1. The summed E-state index contributed by atoms with van der Waals surface area (Å²) in [5, 5.41) is 0. The summed E-state index contributed by atoms with van der Waals surface area (Å²) in [6, 6.07) is 7.01. The van der Waals surface area contributed by atoms with E-state index in [1.165, 1.54) is 36.5 Å². The van der Waals surface area contributed by atoms with Crippen molar-refractivity contribution < 1.29 is 41.0 Å². The van der Waals surface area contributed by atoms with Crippen LogP contribution in [0.25, 0.3) is 6.08 Å². The highest BCUT2D eigenvalue weighted by Gasteiger charge is 2.29. The predicted octanol–water partition coefficient (Wildman–Crippen LogP) is 2.82. The molecule has 1 atom stereocenters. The van der Waals surface area contributed by atoms with Gasteiger partial charge in [0.15, 0.2) is 17.7 Å². The van der Waals surface area contributed by atoms with Gasteiger partial charge in [-0.1, -0.05) is 6.07 Å². The van der Waals surface area contributed by atoms with Crippen molar-refractivity contribution in [3.8, 4) is 5.75 Å². The Morgan fingerprint density at radius 3 is 2.44 bits per heavy atom. The first-order valence-electron chi connectivity index (χ1n) is 10.3. The number of carbonyl (C=O) groups is 2. The molecule has 1 aliphatic heterocycles. The van der Waals surface area contributed by atoms with Crippen LogP contribution in [0.4, 0.5) is 8.78 Å². The van der Waals surface area contributed by atoms with Crippen LogP contribution in [0.1, 0.15) is 22.8 Å². The van der Waals surface area contributed by atoms with E-state index in [9.17, 15) is 26.8 Å². The zero-order chi connectivity index (χ0) is 24.9. The molecule has 1 saturated heterocycles. The largest absolute Gasteiger partial charge is 0.495 e. The Hall–Kier alpha value is -3.15. The Morgan fingerprint density at radius 1 is 1.09 bits per heavy atom. The van der Waals surface area contributed by atoms with E-state index < -0.39 is 39.5 Å². The van der Waals surface area contributed by atoms with Crippen molar-refractivity contribution in [3.05, 3.63) is 65.2 Å². The minimum absolute atomic E-state index is 0.0608. The lowest BCUT2D eigenvalue weighted by atomic mass is 10.1. The second-order valence-corrected chi connectivity index (χ2v) is 9.24. The van der Waals surface area contributed by atoms with E-state index in [-0.39, 0.29) is 42.5 Å². The van der Waals surface area contributed by atoms with Gasteiger partial charge in [0.2, 0.25) is 15.8 Å². The highest BCUT2D eigenvalue weighted by atomic mass is 32.2. The molecule has 0 N–H and O–H groups in total. The van der Waals surface area contributed by atoms with Crippen LogP contribution in [-0.4, -0.2) is 64.0 Å². The van der Waals surface area contributed by atoms with Crippen LogP contribution in [0, 0.1) is 11.6 Å². The second kappa shape index (κ2) is 10.9. The molecule has 0 amide bonds. The number of methoxy groups -OCH3 is 1. The summed E-state index contributed by atoms with van der Waals surface area (Å²) >= 11 is 0. The lowest BCUT2D eigenvalue weighted by Gasteiger charge is -2.26. The van der Waals surface area contributed by atoms with Crippen molar-refractivity contribution in [1.29, 1.82) is 0 Å². The Bertz CT molecular complexity index is 1210. The summed E-state index contributed by atoms with van der Waals surface area (Å²) < 4.78 is 69.2. The minimum atomic E-state index is -3.86. The monoisotopic (exact) mass is 495 g/mol. The van der Waals surface area contributed by atoms with Gasteiger partial charge in [-0.3, -0.25) is 4.79 Å². The fourth-order valence-electron chi connectivity index (χ4n) is 3.24. The number of esters is 1. The Morgan fingerprint density at radius 2 is 1.79 bits per heavy atom.